The molecule has 0 aromatic carbocycles. The maximum absolute atomic E-state index is 5.57. The van der Waals surface area contributed by atoms with Gasteiger partial charge < -0.3 is 10.3 Å². The van der Waals surface area contributed by atoms with Gasteiger partial charge in [0.2, 0.25) is 11.7 Å². The minimum Gasteiger partial charge on any atom is -0.339 e. The first-order valence-electron chi connectivity index (χ1n) is 5.82. The van der Waals surface area contributed by atoms with Crippen LogP contribution in [0.1, 0.15) is 19.2 Å². The van der Waals surface area contributed by atoms with Crippen LogP contribution in [0.4, 0.5) is 0 Å². The molecule has 18 heavy (non-hydrogen) atoms. The highest BCUT2D eigenvalue weighted by atomic mass is 79.9. The van der Waals surface area contributed by atoms with Crippen molar-refractivity contribution in [1.82, 2.24) is 15.1 Å². The van der Waals surface area contributed by atoms with E-state index >= 15 is 0 Å². The summed E-state index contributed by atoms with van der Waals surface area (Å²) in [5.74, 6) is 1.68. The van der Waals surface area contributed by atoms with Crippen molar-refractivity contribution in [2.45, 2.75) is 19.8 Å². The number of nitrogens with two attached hydrogens (primary N) is 1. The fraction of sp³-hybridized carbons (Fsp3) is 0.417. The largest absolute Gasteiger partial charge is 0.339 e. The zero-order chi connectivity index (χ0) is 13.0. The summed E-state index contributed by atoms with van der Waals surface area (Å²) >= 11 is 3.36. The van der Waals surface area contributed by atoms with Crippen LogP contribution in [0.25, 0.3) is 11.4 Å². The highest BCUT2D eigenvalue weighted by Crippen LogP contribution is 2.19. The predicted molar refractivity (Wildman–Crippen MR) is 71.8 cm³/mol. The third-order valence-electron chi connectivity index (χ3n) is 2.68. The Labute approximate surface area is 114 Å². The number of rotatable bonds is 5. The van der Waals surface area contributed by atoms with E-state index in [1.807, 2.05) is 6.07 Å². The molecular formula is C12H15BrN4O. The standard InChI is InChI=1S/C12H15BrN4O/c1-8(5-14)2-3-11-16-12(17-18-11)9-4-10(13)7-15-6-9/h4,6-8H,2-3,5,14H2,1H3. The molecule has 0 aliphatic carbocycles. The molecule has 2 aromatic heterocycles. The first kappa shape index (κ1) is 13.2. The Balaban J connectivity index is 2.06. The number of aromatic nitrogens is 3. The average Bonchev–Trinajstić information content (AvgIpc) is 2.84. The Morgan fingerprint density at radius 3 is 3.00 bits per heavy atom. The van der Waals surface area contributed by atoms with Gasteiger partial charge in [0.05, 0.1) is 0 Å². The second-order valence-corrected chi connectivity index (χ2v) is 5.20. The molecule has 2 N–H and O–H groups in total. The first-order valence-corrected chi connectivity index (χ1v) is 6.62. The quantitative estimate of drug-likeness (QED) is 0.917. The van der Waals surface area contributed by atoms with Crippen LogP contribution >= 0.6 is 15.9 Å². The van der Waals surface area contributed by atoms with Gasteiger partial charge >= 0.3 is 0 Å². The van der Waals surface area contributed by atoms with Crippen LogP contribution in [-0.4, -0.2) is 21.7 Å². The summed E-state index contributed by atoms with van der Waals surface area (Å²) in [6.45, 7) is 2.78. The molecule has 1 unspecified atom stereocenters. The second-order valence-electron chi connectivity index (χ2n) is 4.28. The fourth-order valence-corrected chi connectivity index (χ4v) is 1.86. The summed E-state index contributed by atoms with van der Waals surface area (Å²) in [6.07, 6.45) is 5.14. The monoisotopic (exact) mass is 310 g/mol. The third-order valence-corrected chi connectivity index (χ3v) is 3.12. The molecule has 0 saturated carbocycles. The maximum Gasteiger partial charge on any atom is 0.226 e. The van der Waals surface area contributed by atoms with Crippen molar-refractivity contribution in [3.8, 4) is 11.4 Å². The zero-order valence-electron chi connectivity index (χ0n) is 10.1. The van der Waals surface area contributed by atoms with Gasteiger partial charge in [-0.05, 0) is 40.9 Å². The molecule has 0 aliphatic rings. The molecule has 0 spiro atoms. The van der Waals surface area contributed by atoms with E-state index in [1.54, 1.807) is 12.4 Å². The molecule has 0 radical (unpaired) electrons. The van der Waals surface area contributed by atoms with E-state index in [1.165, 1.54) is 0 Å². The highest BCUT2D eigenvalue weighted by Gasteiger charge is 2.10. The molecular weight excluding hydrogens is 296 g/mol. The van der Waals surface area contributed by atoms with Crippen molar-refractivity contribution in [2.24, 2.45) is 11.7 Å². The summed E-state index contributed by atoms with van der Waals surface area (Å²) in [5.41, 5.74) is 6.41. The number of nitrogens with zero attached hydrogens (tertiary/aromatic N) is 3. The summed E-state index contributed by atoms with van der Waals surface area (Å²) in [6, 6.07) is 1.91. The van der Waals surface area contributed by atoms with Gasteiger partial charge in [-0.3, -0.25) is 4.98 Å². The van der Waals surface area contributed by atoms with Crippen molar-refractivity contribution >= 4 is 15.9 Å². The second kappa shape index (κ2) is 6.06. The predicted octanol–water partition coefficient (Wildman–Crippen LogP) is 2.42. The van der Waals surface area contributed by atoms with Crippen LogP contribution < -0.4 is 5.73 Å². The molecule has 2 rings (SSSR count). The van der Waals surface area contributed by atoms with Crippen molar-refractivity contribution in [1.29, 1.82) is 0 Å². The lowest BCUT2D eigenvalue weighted by Gasteiger charge is -2.03. The van der Waals surface area contributed by atoms with Crippen molar-refractivity contribution in [2.75, 3.05) is 6.54 Å². The normalized spacial score (nSPS) is 12.6. The van der Waals surface area contributed by atoms with Crippen LogP contribution in [0, 0.1) is 5.92 Å². The lowest BCUT2D eigenvalue weighted by molar-refractivity contribution is 0.366. The number of hydrogen-bond donors (Lipinski definition) is 1. The van der Waals surface area contributed by atoms with Gasteiger partial charge in [0.1, 0.15) is 0 Å². The third kappa shape index (κ3) is 3.36. The molecule has 0 bridgehead atoms. The summed E-state index contributed by atoms with van der Waals surface area (Å²) in [5, 5.41) is 3.95. The Morgan fingerprint density at radius 2 is 2.28 bits per heavy atom. The molecule has 5 nitrogen and oxygen atoms in total. The summed E-state index contributed by atoms with van der Waals surface area (Å²) in [7, 11) is 0. The van der Waals surface area contributed by atoms with Crippen LogP contribution in [0.5, 0.6) is 0 Å². The molecule has 2 aromatic rings. The van der Waals surface area contributed by atoms with Gasteiger partial charge in [0, 0.05) is 28.9 Å². The van der Waals surface area contributed by atoms with Crippen LogP contribution in [0.2, 0.25) is 0 Å². The SMILES string of the molecule is CC(CN)CCc1nc(-c2cncc(Br)c2)no1. The van der Waals surface area contributed by atoms with Crippen LogP contribution in [0.3, 0.4) is 0 Å². The molecule has 1 atom stereocenters. The Hall–Kier alpha value is -1.27. The molecule has 0 amide bonds. The Kier molecular flexibility index (Phi) is 4.43. The van der Waals surface area contributed by atoms with E-state index in [9.17, 15) is 0 Å². The summed E-state index contributed by atoms with van der Waals surface area (Å²) < 4.78 is 6.10. The minimum atomic E-state index is 0.466. The average molecular weight is 311 g/mol. The van der Waals surface area contributed by atoms with Gasteiger partial charge in [-0.1, -0.05) is 12.1 Å². The molecule has 0 fully saturated rings. The van der Waals surface area contributed by atoms with Gasteiger partial charge in [0.25, 0.3) is 0 Å². The molecule has 2 heterocycles. The van der Waals surface area contributed by atoms with E-state index in [0.717, 1.165) is 22.9 Å². The van der Waals surface area contributed by atoms with Gasteiger partial charge in [0.15, 0.2) is 0 Å². The Morgan fingerprint density at radius 1 is 1.44 bits per heavy atom. The minimum absolute atomic E-state index is 0.466. The van der Waals surface area contributed by atoms with E-state index in [0.29, 0.717) is 24.2 Å². The number of pyridine rings is 1. The smallest absolute Gasteiger partial charge is 0.226 e. The number of halogens is 1. The van der Waals surface area contributed by atoms with Crippen molar-refractivity contribution in [3.05, 3.63) is 28.8 Å². The van der Waals surface area contributed by atoms with E-state index < -0.39 is 0 Å². The highest BCUT2D eigenvalue weighted by molar-refractivity contribution is 9.10. The van der Waals surface area contributed by atoms with E-state index in [4.69, 9.17) is 10.3 Å². The van der Waals surface area contributed by atoms with Gasteiger partial charge in [-0.15, -0.1) is 0 Å². The molecule has 0 saturated heterocycles. The first-order chi connectivity index (χ1) is 8.69. The molecule has 96 valence electrons. The fourth-order valence-electron chi connectivity index (χ4n) is 1.50. The molecule has 6 heteroatoms. The summed E-state index contributed by atoms with van der Waals surface area (Å²) in [4.78, 5) is 8.42. The van der Waals surface area contributed by atoms with E-state index in [2.05, 4.69) is 38.0 Å². The van der Waals surface area contributed by atoms with Crippen molar-refractivity contribution < 1.29 is 4.52 Å². The van der Waals surface area contributed by atoms with Crippen LogP contribution in [0.15, 0.2) is 27.5 Å². The Bertz CT molecular complexity index is 514. The maximum atomic E-state index is 5.57. The van der Waals surface area contributed by atoms with Gasteiger partial charge in [-0.2, -0.15) is 4.98 Å². The number of hydrogen-bond acceptors (Lipinski definition) is 5. The van der Waals surface area contributed by atoms with E-state index in [-0.39, 0.29) is 0 Å². The van der Waals surface area contributed by atoms with Crippen LogP contribution in [-0.2, 0) is 6.42 Å². The lowest BCUT2D eigenvalue weighted by atomic mass is 10.1. The van der Waals surface area contributed by atoms with Gasteiger partial charge in [-0.25, -0.2) is 0 Å². The lowest BCUT2D eigenvalue weighted by Crippen LogP contribution is -2.11. The zero-order valence-corrected chi connectivity index (χ0v) is 11.7. The van der Waals surface area contributed by atoms with Crippen molar-refractivity contribution in [3.63, 3.8) is 0 Å². The topological polar surface area (TPSA) is 77.8 Å². The molecule has 0 aliphatic heterocycles. The number of aryl methyl sites for hydroxylation is 1.